The van der Waals surface area contributed by atoms with Crippen LogP contribution in [-0.2, 0) is 11.3 Å². The molecule has 2 N–H and O–H groups in total. The van der Waals surface area contributed by atoms with Gasteiger partial charge in [-0.05, 0) is 51.3 Å². The first kappa shape index (κ1) is 22.0. The van der Waals surface area contributed by atoms with Crippen LogP contribution in [0.5, 0.6) is 0 Å². The molecule has 164 valence electrons. The summed E-state index contributed by atoms with van der Waals surface area (Å²) in [5.74, 6) is 0.749. The summed E-state index contributed by atoms with van der Waals surface area (Å²) < 4.78 is 5.51. The second-order valence-corrected chi connectivity index (χ2v) is 8.88. The average Bonchev–Trinajstić information content (AvgIpc) is 3.25. The van der Waals surface area contributed by atoms with Crippen LogP contribution in [0.15, 0.2) is 41.4 Å². The van der Waals surface area contributed by atoms with Gasteiger partial charge >= 0.3 is 6.09 Å². The van der Waals surface area contributed by atoms with Crippen molar-refractivity contribution in [3.63, 3.8) is 0 Å². The molecule has 1 unspecified atom stereocenters. The Kier molecular flexibility index (Phi) is 7.24. The lowest BCUT2D eigenvalue weighted by Crippen LogP contribution is -2.53. The Balaban J connectivity index is 1.47. The second-order valence-electron chi connectivity index (χ2n) is 8.88. The van der Waals surface area contributed by atoms with E-state index in [1.54, 1.807) is 11.9 Å². The summed E-state index contributed by atoms with van der Waals surface area (Å²) in [6, 6.07) is 8.79. The maximum atomic E-state index is 12.4. The third-order valence-corrected chi connectivity index (χ3v) is 5.22. The number of aliphatic imine (C=N–C) groups is 1. The molecule has 2 aliphatic rings. The number of piperidine rings is 1. The van der Waals surface area contributed by atoms with Gasteiger partial charge < -0.3 is 25.2 Å². The molecule has 1 atom stereocenters. The van der Waals surface area contributed by atoms with Crippen molar-refractivity contribution in [1.82, 2.24) is 15.5 Å². The van der Waals surface area contributed by atoms with Crippen LogP contribution in [0.25, 0.3) is 0 Å². The van der Waals surface area contributed by atoms with Gasteiger partial charge in [-0.15, -0.1) is 0 Å². The highest BCUT2D eigenvalue weighted by Crippen LogP contribution is 2.18. The highest BCUT2D eigenvalue weighted by molar-refractivity contribution is 5.80. The zero-order chi connectivity index (χ0) is 21.6. The molecule has 2 aliphatic heterocycles. The third kappa shape index (κ3) is 6.40. The number of likely N-dealkylation sites (tertiary alicyclic amines) is 1. The van der Waals surface area contributed by atoms with Crippen molar-refractivity contribution in [2.24, 2.45) is 4.99 Å². The summed E-state index contributed by atoms with van der Waals surface area (Å²) in [4.78, 5) is 20.8. The quantitative estimate of drug-likeness (QED) is 0.451. The van der Waals surface area contributed by atoms with Crippen molar-refractivity contribution < 1.29 is 9.53 Å². The molecule has 1 fully saturated rings. The number of nitrogens with zero attached hydrogens (tertiary/aromatic N) is 3. The van der Waals surface area contributed by atoms with Gasteiger partial charge in [-0.2, -0.15) is 0 Å². The second kappa shape index (κ2) is 9.87. The Morgan fingerprint density at radius 1 is 1.20 bits per heavy atom. The van der Waals surface area contributed by atoms with E-state index in [0.717, 1.165) is 38.4 Å². The summed E-state index contributed by atoms with van der Waals surface area (Å²) in [5, 5.41) is 6.84. The summed E-state index contributed by atoms with van der Waals surface area (Å²) >= 11 is 0. The van der Waals surface area contributed by atoms with Crippen LogP contribution < -0.4 is 15.5 Å². The van der Waals surface area contributed by atoms with Gasteiger partial charge in [-0.3, -0.25) is 4.99 Å². The number of rotatable bonds is 4. The molecular formula is C23H35N5O2. The Hall–Kier alpha value is -2.70. The molecule has 30 heavy (non-hydrogen) atoms. The number of amides is 1. The number of anilines is 1. The maximum absolute atomic E-state index is 12.4. The smallest absolute Gasteiger partial charge is 0.410 e. The lowest BCUT2D eigenvalue weighted by atomic mass is 10.1. The number of benzene rings is 1. The Labute approximate surface area is 180 Å². The van der Waals surface area contributed by atoms with Crippen molar-refractivity contribution in [2.75, 3.05) is 38.1 Å². The van der Waals surface area contributed by atoms with Crippen molar-refractivity contribution in [2.45, 2.75) is 51.8 Å². The zero-order valence-electron chi connectivity index (χ0n) is 18.6. The fraction of sp³-hybridized carbons (Fsp3) is 0.565. The number of hydrogen-bond acceptors (Lipinski definition) is 4. The lowest BCUT2D eigenvalue weighted by molar-refractivity contribution is 0.0193. The monoisotopic (exact) mass is 413 g/mol. The van der Waals surface area contributed by atoms with Gasteiger partial charge in [0.15, 0.2) is 5.96 Å². The van der Waals surface area contributed by atoms with Crippen molar-refractivity contribution in [3.8, 4) is 0 Å². The highest BCUT2D eigenvalue weighted by Gasteiger charge is 2.28. The minimum atomic E-state index is -0.476. The molecule has 7 heteroatoms. The normalized spacial score (nSPS) is 19.7. The van der Waals surface area contributed by atoms with Gasteiger partial charge in [0.2, 0.25) is 0 Å². The molecule has 1 aromatic rings. The maximum Gasteiger partial charge on any atom is 0.410 e. The third-order valence-electron chi connectivity index (χ3n) is 5.22. The molecule has 0 spiro atoms. The van der Waals surface area contributed by atoms with Gasteiger partial charge in [0.1, 0.15) is 5.60 Å². The van der Waals surface area contributed by atoms with Gasteiger partial charge in [-0.25, -0.2) is 4.79 Å². The van der Waals surface area contributed by atoms with Crippen molar-refractivity contribution in [1.29, 1.82) is 0 Å². The van der Waals surface area contributed by atoms with E-state index in [2.05, 4.69) is 56.9 Å². The minimum absolute atomic E-state index is 0.155. The van der Waals surface area contributed by atoms with Gasteiger partial charge in [-0.1, -0.05) is 24.3 Å². The summed E-state index contributed by atoms with van der Waals surface area (Å²) in [5.41, 5.74) is 1.97. The average molecular weight is 414 g/mol. The number of guanidine groups is 1. The van der Waals surface area contributed by atoms with Crippen LogP contribution in [0.2, 0.25) is 0 Å². The molecule has 1 aromatic carbocycles. The molecule has 0 bridgehead atoms. The molecule has 1 saturated heterocycles. The minimum Gasteiger partial charge on any atom is -0.444 e. The lowest BCUT2D eigenvalue weighted by Gasteiger charge is -2.35. The van der Waals surface area contributed by atoms with Gasteiger partial charge in [0, 0.05) is 51.5 Å². The van der Waals surface area contributed by atoms with E-state index in [4.69, 9.17) is 4.74 Å². The molecule has 0 aromatic heterocycles. The zero-order valence-corrected chi connectivity index (χ0v) is 18.6. The molecule has 0 saturated carbocycles. The fourth-order valence-corrected chi connectivity index (χ4v) is 3.67. The van der Waals surface area contributed by atoms with Crippen LogP contribution in [-0.4, -0.2) is 61.8 Å². The standard InChI is InChI=1S/C23H35N5O2/c1-23(2,3)30-22(29)28-15-7-8-19(17-28)26-21(24-4)25-16-18-9-11-20(12-10-18)27-13-5-6-14-27/h5-6,9-12,19H,7-8,13-17H2,1-4H3,(H2,24,25,26). The molecule has 1 amide bonds. The molecule has 0 aliphatic carbocycles. The van der Waals surface area contributed by atoms with Gasteiger partial charge in [0.25, 0.3) is 0 Å². The van der Waals surface area contributed by atoms with Crippen LogP contribution in [0.1, 0.15) is 39.2 Å². The SMILES string of the molecule is CN=C(NCc1ccc(N2CC=CC2)cc1)NC1CCCN(C(=O)OC(C)(C)C)C1. The van der Waals surface area contributed by atoms with E-state index in [-0.39, 0.29) is 12.1 Å². The summed E-state index contributed by atoms with van der Waals surface area (Å²) in [6.45, 7) is 9.69. The van der Waals surface area contributed by atoms with E-state index >= 15 is 0 Å². The number of carbonyl (C=O) groups excluding carboxylic acids is 1. The molecule has 2 heterocycles. The van der Waals surface area contributed by atoms with Crippen LogP contribution in [0, 0.1) is 0 Å². The number of ether oxygens (including phenoxy) is 1. The van der Waals surface area contributed by atoms with E-state index in [1.807, 2.05) is 20.8 Å². The molecular weight excluding hydrogens is 378 g/mol. The van der Waals surface area contributed by atoms with Crippen LogP contribution in [0.3, 0.4) is 0 Å². The topological polar surface area (TPSA) is 69.2 Å². The van der Waals surface area contributed by atoms with Gasteiger partial charge in [0.05, 0.1) is 0 Å². The predicted molar refractivity (Wildman–Crippen MR) is 122 cm³/mol. The number of carbonyl (C=O) groups is 1. The molecule has 0 radical (unpaired) electrons. The Morgan fingerprint density at radius 3 is 2.53 bits per heavy atom. The van der Waals surface area contributed by atoms with Crippen molar-refractivity contribution in [3.05, 3.63) is 42.0 Å². The largest absolute Gasteiger partial charge is 0.444 e. The van der Waals surface area contributed by atoms with E-state index < -0.39 is 5.60 Å². The number of nitrogens with one attached hydrogen (secondary N) is 2. The predicted octanol–water partition coefficient (Wildman–Crippen LogP) is 3.13. The fourth-order valence-electron chi connectivity index (χ4n) is 3.67. The van der Waals surface area contributed by atoms with Crippen molar-refractivity contribution >= 4 is 17.7 Å². The Bertz CT molecular complexity index is 759. The summed E-state index contributed by atoms with van der Waals surface area (Å²) in [7, 11) is 1.77. The Morgan fingerprint density at radius 2 is 1.90 bits per heavy atom. The first-order valence-electron chi connectivity index (χ1n) is 10.8. The number of hydrogen-bond donors (Lipinski definition) is 2. The van der Waals surface area contributed by atoms with E-state index in [0.29, 0.717) is 13.1 Å². The van der Waals surface area contributed by atoms with Crippen LogP contribution >= 0.6 is 0 Å². The van der Waals surface area contributed by atoms with Crippen LogP contribution in [0.4, 0.5) is 10.5 Å². The first-order chi connectivity index (χ1) is 14.3. The van der Waals surface area contributed by atoms with E-state index in [1.165, 1.54) is 11.3 Å². The highest BCUT2D eigenvalue weighted by atomic mass is 16.6. The van der Waals surface area contributed by atoms with E-state index in [9.17, 15) is 4.79 Å². The molecule has 7 nitrogen and oxygen atoms in total. The molecule has 3 rings (SSSR count). The first-order valence-corrected chi connectivity index (χ1v) is 10.8. The summed E-state index contributed by atoms with van der Waals surface area (Å²) in [6.07, 6.45) is 6.09.